The summed E-state index contributed by atoms with van der Waals surface area (Å²) in [5, 5.41) is 5.95. The van der Waals surface area contributed by atoms with Gasteiger partial charge in [-0.2, -0.15) is 0 Å². The number of amides is 4. The first-order valence-corrected chi connectivity index (χ1v) is 8.62. The number of hydrogen-bond donors (Lipinski definition) is 4. The lowest BCUT2D eigenvalue weighted by Gasteiger charge is -2.54. The highest BCUT2D eigenvalue weighted by Crippen LogP contribution is 2.46. The van der Waals surface area contributed by atoms with E-state index in [1.165, 1.54) is 11.8 Å². The zero-order valence-electron chi connectivity index (χ0n) is 14.5. The summed E-state index contributed by atoms with van der Waals surface area (Å²) in [5.41, 5.74) is 10.1. The number of carbonyl (C=O) groups is 4. The van der Waals surface area contributed by atoms with E-state index in [2.05, 4.69) is 10.6 Å². The normalized spacial score (nSPS) is 26.8. The van der Waals surface area contributed by atoms with Crippen molar-refractivity contribution in [2.45, 2.75) is 57.5 Å². The van der Waals surface area contributed by atoms with E-state index in [0.29, 0.717) is 13.2 Å². The van der Waals surface area contributed by atoms with Crippen molar-refractivity contribution >= 4 is 23.6 Å². The van der Waals surface area contributed by atoms with Gasteiger partial charge in [-0.3, -0.25) is 24.5 Å². The van der Waals surface area contributed by atoms with Crippen LogP contribution in [0.3, 0.4) is 0 Å². The molecule has 0 aromatic heterocycles. The van der Waals surface area contributed by atoms with Gasteiger partial charge in [0.25, 0.3) is 0 Å². The molecule has 1 atom stereocenters. The molecular weight excluding hydrogens is 326 g/mol. The summed E-state index contributed by atoms with van der Waals surface area (Å²) < 4.78 is 0. The van der Waals surface area contributed by atoms with Crippen molar-refractivity contribution in [1.29, 1.82) is 0 Å². The van der Waals surface area contributed by atoms with Crippen LogP contribution in [0.5, 0.6) is 0 Å². The first-order chi connectivity index (χ1) is 11.7. The third-order valence-electron chi connectivity index (χ3n) is 5.23. The van der Waals surface area contributed by atoms with Gasteiger partial charge in [-0.05, 0) is 32.1 Å². The van der Waals surface area contributed by atoms with E-state index < -0.39 is 23.3 Å². The van der Waals surface area contributed by atoms with Crippen LogP contribution in [0.2, 0.25) is 0 Å². The predicted octanol–water partition coefficient (Wildman–Crippen LogP) is -1.44. The Kier molecular flexibility index (Phi) is 5.99. The van der Waals surface area contributed by atoms with Crippen LogP contribution < -0.4 is 22.1 Å². The van der Waals surface area contributed by atoms with Crippen LogP contribution in [-0.2, 0) is 19.2 Å². The summed E-state index contributed by atoms with van der Waals surface area (Å²) in [4.78, 5) is 47.6. The number of nitrogens with zero attached hydrogens (tertiary/aromatic N) is 1. The van der Waals surface area contributed by atoms with Gasteiger partial charge in [-0.25, -0.2) is 0 Å². The van der Waals surface area contributed by atoms with Crippen molar-refractivity contribution in [3.8, 4) is 0 Å². The molecule has 1 saturated heterocycles. The highest BCUT2D eigenvalue weighted by atomic mass is 16.2. The highest BCUT2D eigenvalue weighted by molar-refractivity contribution is 5.94. The van der Waals surface area contributed by atoms with Gasteiger partial charge in [-0.1, -0.05) is 0 Å². The number of β-lactam (4-membered cyclic amide) rings is 1. The topological polar surface area (TPSA) is 148 Å². The first-order valence-electron chi connectivity index (χ1n) is 8.62. The molecule has 0 bridgehead atoms. The van der Waals surface area contributed by atoms with Gasteiger partial charge in [0, 0.05) is 25.9 Å². The minimum Gasteiger partial charge on any atom is -0.370 e. The lowest BCUT2D eigenvalue weighted by atomic mass is 9.66. The van der Waals surface area contributed by atoms with E-state index in [0.717, 1.165) is 25.7 Å². The molecule has 2 rings (SSSR count). The Hall–Kier alpha value is -2.16. The highest BCUT2D eigenvalue weighted by Gasteiger charge is 2.55. The molecule has 25 heavy (non-hydrogen) atoms. The number of primary amides is 2. The predicted molar refractivity (Wildman–Crippen MR) is 89.6 cm³/mol. The Labute approximate surface area is 146 Å². The van der Waals surface area contributed by atoms with Gasteiger partial charge in [0.05, 0.1) is 12.1 Å². The molecule has 0 radical (unpaired) electrons. The van der Waals surface area contributed by atoms with E-state index in [-0.39, 0.29) is 30.7 Å². The fourth-order valence-electron chi connectivity index (χ4n) is 3.73. The molecule has 1 aliphatic heterocycles. The summed E-state index contributed by atoms with van der Waals surface area (Å²) in [6.07, 6.45) is 3.35. The van der Waals surface area contributed by atoms with Crippen LogP contribution in [-0.4, -0.2) is 53.8 Å². The summed E-state index contributed by atoms with van der Waals surface area (Å²) in [7, 11) is 0. The SMILES string of the molecule is CC(=O)NCNC1CCC2(CC1)CN([C@@H](CCC(N)=O)C(N)=O)C2=O. The molecule has 9 nitrogen and oxygen atoms in total. The molecule has 0 aromatic rings. The maximum Gasteiger partial charge on any atom is 0.240 e. The van der Waals surface area contributed by atoms with E-state index >= 15 is 0 Å². The molecule has 1 aliphatic carbocycles. The number of likely N-dealkylation sites (tertiary alicyclic amines) is 1. The molecule has 9 heteroatoms. The summed E-state index contributed by atoms with van der Waals surface area (Å²) >= 11 is 0. The number of nitrogens with two attached hydrogens (primary N) is 2. The van der Waals surface area contributed by atoms with Crippen molar-refractivity contribution in [3.05, 3.63) is 0 Å². The summed E-state index contributed by atoms with van der Waals surface area (Å²) in [6.45, 7) is 2.38. The van der Waals surface area contributed by atoms with E-state index in [9.17, 15) is 19.2 Å². The number of nitrogens with one attached hydrogen (secondary N) is 2. The quantitative estimate of drug-likeness (QED) is 0.312. The molecule has 140 valence electrons. The monoisotopic (exact) mass is 353 g/mol. The molecule has 0 unspecified atom stereocenters. The van der Waals surface area contributed by atoms with E-state index in [4.69, 9.17) is 11.5 Å². The molecule has 6 N–H and O–H groups in total. The van der Waals surface area contributed by atoms with Crippen molar-refractivity contribution in [2.24, 2.45) is 16.9 Å². The van der Waals surface area contributed by atoms with Crippen molar-refractivity contribution < 1.29 is 19.2 Å². The van der Waals surface area contributed by atoms with Crippen LogP contribution in [0.25, 0.3) is 0 Å². The Bertz CT molecular complexity index is 557. The van der Waals surface area contributed by atoms with Crippen LogP contribution in [0.1, 0.15) is 45.4 Å². The average Bonchev–Trinajstić information content (AvgIpc) is 2.54. The molecule has 1 heterocycles. The molecule has 2 aliphatic rings. The first kappa shape index (κ1) is 19.2. The second-order valence-electron chi connectivity index (χ2n) is 7.02. The fraction of sp³-hybridized carbons (Fsp3) is 0.750. The molecule has 1 spiro atoms. The van der Waals surface area contributed by atoms with Crippen molar-refractivity contribution in [2.75, 3.05) is 13.2 Å². The second-order valence-corrected chi connectivity index (χ2v) is 7.02. The van der Waals surface area contributed by atoms with Crippen LogP contribution in [0, 0.1) is 5.41 Å². The number of hydrogen-bond acceptors (Lipinski definition) is 5. The third kappa shape index (κ3) is 4.47. The minimum atomic E-state index is -0.763. The molecule has 1 saturated carbocycles. The lowest BCUT2D eigenvalue weighted by molar-refractivity contribution is -0.171. The average molecular weight is 353 g/mol. The van der Waals surface area contributed by atoms with E-state index in [1.807, 2.05) is 0 Å². The maximum atomic E-state index is 12.7. The largest absolute Gasteiger partial charge is 0.370 e. The Balaban J connectivity index is 1.84. The van der Waals surface area contributed by atoms with Crippen LogP contribution in [0.4, 0.5) is 0 Å². The van der Waals surface area contributed by atoms with Crippen LogP contribution in [0.15, 0.2) is 0 Å². The molecule has 4 amide bonds. The van der Waals surface area contributed by atoms with Gasteiger partial charge in [0.1, 0.15) is 6.04 Å². The van der Waals surface area contributed by atoms with Gasteiger partial charge < -0.3 is 21.7 Å². The van der Waals surface area contributed by atoms with Gasteiger partial charge in [0.15, 0.2) is 0 Å². The van der Waals surface area contributed by atoms with Crippen molar-refractivity contribution in [1.82, 2.24) is 15.5 Å². The fourth-order valence-corrected chi connectivity index (χ4v) is 3.73. The van der Waals surface area contributed by atoms with Gasteiger partial charge in [0.2, 0.25) is 23.6 Å². The second kappa shape index (κ2) is 7.81. The van der Waals surface area contributed by atoms with E-state index in [1.54, 1.807) is 0 Å². The Morgan fingerprint density at radius 3 is 2.40 bits per heavy atom. The zero-order chi connectivity index (χ0) is 18.6. The lowest BCUT2D eigenvalue weighted by Crippen LogP contribution is -2.68. The summed E-state index contributed by atoms with van der Waals surface area (Å²) in [5.74, 6) is -1.26. The molecule has 0 aromatic carbocycles. The molecular formula is C16H27N5O4. The Morgan fingerprint density at radius 1 is 1.28 bits per heavy atom. The van der Waals surface area contributed by atoms with Gasteiger partial charge >= 0.3 is 0 Å². The maximum absolute atomic E-state index is 12.7. The minimum absolute atomic E-state index is 0.0273. The zero-order valence-corrected chi connectivity index (χ0v) is 14.5. The molecule has 2 fully saturated rings. The Morgan fingerprint density at radius 2 is 1.92 bits per heavy atom. The standard InChI is InChI=1S/C16H27N5O4/c1-10(22)19-9-20-11-4-6-16(7-5-11)8-21(15(16)25)12(14(18)24)2-3-13(17)23/h11-12,20H,2-9H2,1H3,(H2,17,23)(H2,18,24)(H,19,22)/t11?,12-,16?/m0/s1. The van der Waals surface area contributed by atoms with Crippen molar-refractivity contribution in [3.63, 3.8) is 0 Å². The number of rotatable bonds is 8. The number of carbonyl (C=O) groups excluding carboxylic acids is 4. The summed E-state index contributed by atoms with van der Waals surface area (Å²) in [6, 6.07) is -0.498. The smallest absolute Gasteiger partial charge is 0.240 e. The van der Waals surface area contributed by atoms with Crippen LogP contribution >= 0.6 is 0 Å². The third-order valence-corrected chi connectivity index (χ3v) is 5.23. The van der Waals surface area contributed by atoms with Gasteiger partial charge in [-0.15, -0.1) is 0 Å².